The van der Waals surface area contributed by atoms with Gasteiger partial charge in [0.25, 0.3) is 0 Å². The zero-order valence-corrected chi connectivity index (χ0v) is 13.5. The summed E-state index contributed by atoms with van der Waals surface area (Å²) in [6.45, 7) is 19.3. The number of rotatable bonds is 4. The second-order valence-corrected chi connectivity index (χ2v) is 2.55. The Morgan fingerprint density at radius 2 is 1.37 bits per heavy atom. The molecule has 1 aromatic carbocycles. The normalized spacial score (nSPS) is 8.21. The monoisotopic (exact) mass is 261 g/mol. The Bertz CT molecular complexity index is 310. The summed E-state index contributed by atoms with van der Waals surface area (Å²) in [5, 5.41) is 3.20. The molecule has 0 aliphatic carbocycles. The molecule has 0 radical (unpaired) electrons. The van der Waals surface area contributed by atoms with Gasteiger partial charge in [-0.1, -0.05) is 79.0 Å². The molecule has 0 spiro atoms. The van der Waals surface area contributed by atoms with Gasteiger partial charge in [-0.3, -0.25) is 0 Å². The van der Waals surface area contributed by atoms with Crippen LogP contribution in [-0.4, -0.2) is 0 Å². The SMILES string of the molecule is C=C/C=C(\C=C)Nc1ccccc1.CC.CC.CC. The van der Waals surface area contributed by atoms with Gasteiger partial charge in [-0.15, -0.1) is 0 Å². The summed E-state index contributed by atoms with van der Waals surface area (Å²) in [6.07, 6.45) is 5.36. The van der Waals surface area contributed by atoms with Gasteiger partial charge in [0.05, 0.1) is 0 Å². The molecule has 1 rings (SSSR count). The summed E-state index contributed by atoms with van der Waals surface area (Å²) in [7, 11) is 0. The van der Waals surface area contributed by atoms with E-state index in [2.05, 4.69) is 18.5 Å². The Morgan fingerprint density at radius 1 is 0.895 bits per heavy atom. The Labute approximate surface area is 120 Å². The Hall–Kier alpha value is -1.76. The van der Waals surface area contributed by atoms with Crippen LogP contribution >= 0.6 is 0 Å². The molecule has 0 aliphatic rings. The van der Waals surface area contributed by atoms with Gasteiger partial charge < -0.3 is 5.32 Å². The molecule has 0 atom stereocenters. The second kappa shape index (κ2) is 21.5. The molecule has 0 saturated heterocycles. The van der Waals surface area contributed by atoms with E-state index in [1.807, 2.05) is 78.0 Å². The highest BCUT2D eigenvalue weighted by atomic mass is 14.9. The first kappa shape index (κ1) is 22.4. The maximum absolute atomic E-state index is 3.70. The molecule has 0 saturated carbocycles. The second-order valence-electron chi connectivity index (χ2n) is 2.55. The van der Waals surface area contributed by atoms with E-state index < -0.39 is 0 Å². The van der Waals surface area contributed by atoms with Crippen LogP contribution in [0.4, 0.5) is 5.69 Å². The van der Waals surface area contributed by atoms with Crippen LogP contribution in [-0.2, 0) is 0 Å². The third kappa shape index (κ3) is 14.2. The minimum absolute atomic E-state index is 0.946. The Morgan fingerprint density at radius 3 is 1.74 bits per heavy atom. The van der Waals surface area contributed by atoms with Crippen LogP contribution in [0.3, 0.4) is 0 Å². The third-order valence-electron chi connectivity index (χ3n) is 1.58. The van der Waals surface area contributed by atoms with Crippen LogP contribution in [0.2, 0.25) is 0 Å². The predicted molar refractivity (Wildman–Crippen MR) is 92.6 cm³/mol. The molecular weight excluding hydrogens is 230 g/mol. The van der Waals surface area contributed by atoms with Gasteiger partial charge >= 0.3 is 0 Å². The Balaban J connectivity index is -0.000000375. The standard InChI is InChI=1S/C12H13N.3C2H6/c1-3-8-11(4-2)13-12-9-6-5-7-10-12;3*1-2/h3-10,13H,1-2H2;3*1-2H3/b11-8+;;;. The van der Waals surface area contributed by atoms with Gasteiger partial charge in [-0.25, -0.2) is 0 Å². The summed E-state index contributed by atoms with van der Waals surface area (Å²) >= 11 is 0. The molecule has 0 amide bonds. The van der Waals surface area contributed by atoms with E-state index >= 15 is 0 Å². The number of hydrogen-bond donors (Lipinski definition) is 1. The van der Waals surface area contributed by atoms with E-state index in [0.717, 1.165) is 11.4 Å². The molecule has 0 fully saturated rings. The van der Waals surface area contributed by atoms with E-state index in [1.54, 1.807) is 12.2 Å². The highest BCUT2D eigenvalue weighted by molar-refractivity contribution is 5.50. The first-order chi connectivity index (χ1) is 9.36. The van der Waals surface area contributed by atoms with Crippen molar-refractivity contribution in [3.63, 3.8) is 0 Å². The maximum atomic E-state index is 3.70. The van der Waals surface area contributed by atoms with Gasteiger partial charge in [0.1, 0.15) is 0 Å². The minimum Gasteiger partial charge on any atom is -0.356 e. The quantitative estimate of drug-likeness (QED) is 0.615. The minimum atomic E-state index is 0.946. The van der Waals surface area contributed by atoms with E-state index in [9.17, 15) is 0 Å². The van der Waals surface area contributed by atoms with Crippen LogP contribution in [0, 0.1) is 0 Å². The van der Waals surface area contributed by atoms with Crippen molar-refractivity contribution in [3.05, 3.63) is 67.4 Å². The number of hydrogen-bond acceptors (Lipinski definition) is 1. The molecule has 0 aromatic heterocycles. The van der Waals surface area contributed by atoms with Crippen LogP contribution in [0.15, 0.2) is 67.4 Å². The van der Waals surface area contributed by atoms with Gasteiger partial charge in [0.2, 0.25) is 0 Å². The predicted octanol–water partition coefficient (Wildman–Crippen LogP) is 6.43. The van der Waals surface area contributed by atoms with Crippen molar-refractivity contribution in [1.29, 1.82) is 0 Å². The van der Waals surface area contributed by atoms with E-state index in [-0.39, 0.29) is 0 Å². The van der Waals surface area contributed by atoms with Crippen molar-refractivity contribution in [1.82, 2.24) is 0 Å². The molecule has 0 unspecified atom stereocenters. The summed E-state index contributed by atoms with van der Waals surface area (Å²) in [5.41, 5.74) is 2.00. The van der Waals surface area contributed by atoms with Crippen molar-refractivity contribution in [2.24, 2.45) is 0 Å². The third-order valence-corrected chi connectivity index (χ3v) is 1.58. The van der Waals surface area contributed by atoms with Gasteiger partial charge in [-0.2, -0.15) is 0 Å². The van der Waals surface area contributed by atoms with Gasteiger partial charge in [-0.05, 0) is 24.3 Å². The zero-order chi connectivity index (χ0) is 15.5. The van der Waals surface area contributed by atoms with Crippen LogP contribution in [0.1, 0.15) is 41.5 Å². The number of benzene rings is 1. The van der Waals surface area contributed by atoms with Crippen molar-refractivity contribution >= 4 is 5.69 Å². The molecule has 0 bridgehead atoms. The van der Waals surface area contributed by atoms with Crippen molar-refractivity contribution < 1.29 is 0 Å². The fourth-order valence-electron chi connectivity index (χ4n) is 0.976. The Kier molecular flexibility index (Phi) is 25.4. The first-order valence-electron chi connectivity index (χ1n) is 7.14. The fraction of sp³-hybridized carbons (Fsp3) is 0.333. The molecule has 1 nitrogen and oxygen atoms in total. The lowest BCUT2D eigenvalue weighted by Crippen LogP contribution is -1.95. The number of anilines is 1. The lowest BCUT2D eigenvalue weighted by Gasteiger charge is -2.05. The molecule has 1 N–H and O–H groups in total. The van der Waals surface area contributed by atoms with Gasteiger partial charge in [0.15, 0.2) is 0 Å². The van der Waals surface area contributed by atoms with Crippen molar-refractivity contribution in [3.8, 4) is 0 Å². The smallest absolute Gasteiger partial charge is 0.0384 e. The van der Waals surface area contributed by atoms with Crippen LogP contribution < -0.4 is 5.32 Å². The topological polar surface area (TPSA) is 12.0 Å². The van der Waals surface area contributed by atoms with Gasteiger partial charge in [0, 0.05) is 11.4 Å². The molecule has 0 aliphatic heterocycles. The highest BCUT2D eigenvalue weighted by Gasteiger charge is 1.90. The van der Waals surface area contributed by atoms with Crippen molar-refractivity contribution in [2.75, 3.05) is 5.32 Å². The molecular formula is C18H31N. The average Bonchev–Trinajstić information content (AvgIpc) is 2.54. The molecule has 108 valence electrons. The van der Waals surface area contributed by atoms with E-state index in [4.69, 9.17) is 0 Å². The molecule has 1 aromatic rings. The molecule has 0 heterocycles. The summed E-state index contributed by atoms with van der Waals surface area (Å²) in [6, 6.07) is 9.95. The summed E-state index contributed by atoms with van der Waals surface area (Å²) in [4.78, 5) is 0. The largest absolute Gasteiger partial charge is 0.356 e. The van der Waals surface area contributed by atoms with Crippen LogP contribution in [0.25, 0.3) is 0 Å². The maximum Gasteiger partial charge on any atom is 0.0384 e. The highest BCUT2D eigenvalue weighted by Crippen LogP contribution is 2.09. The first-order valence-corrected chi connectivity index (χ1v) is 7.14. The zero-order valence-electron chi connectivity index (χ0n) is 13.5. The van der Waals surface area contributed by atoms with Crippen LogP contribution in [0.5, 0.6) is 0 Å². The lowest BCUT2D eigenvalue weighted by molar-refractivity contribution is 1.48. The number of nitrogens with one attached hydrogen (secondary N) is 1. The number of allylic oxidation sites excluding steroid dienone is 3. The summed E-state index contributed by atoms with van der Waals surface area (Å²) in [5.74, 6) is 0. The lowest BCUT2D eigenvalue weighted by atomic mass is 10.3. The molecule has 19 heavy (non-hydrogen) atoms. The summed E-state index contributed by atoms with van der Waals surface area (Å²) < 4.78 is 0. The van der Waals surface area contributed by atoms with E-state index in [1.165, 1.54) is 0 Å². The molecule has 1 heteroatoms. The van der Waals surface area contributed by atoms with E-state index in [0.29, 0.717) is 0 Å². The van der Waals surface area contributed by atoms with Crippen molar-refractivity contribution in [2.45, 2.75) is 41.5 Å². The average molecular weight is 261 g/mol. The number of para-hydroxylation sites is 1. The fourth-order valence-corrected chi connectivity index (χ4v) is 0.976.